The fourth-order valence-electron chi connectivity index (χ4n) is 2.27. The quantitative estimate of drug-likeness (QED) is 0.898. The molecule has 1 fully saturated rings. The van der Waals surface area contributed by atoms with Crippen molar-refractivity contribution in [1.29, 1.82) is 0 Å². The van der Waals surface area contributed by atoms with E-state index in [1.54, 1.807) is 4.57 Å². The average molecular weight is 259 g/mol. The number of aliphatic carboxylic acids is 1. The molecule has 100 valence electrons. The molecule has 0 unspecified atom stereocenters. The number of rotatable bonds is 4. The van der Waals surface area contributed by atoms with Gasteiger partial charge in [-0.3, -0.25) is 4.79 Å². The molecule has 1 aliphatic rings. The van der Waals surface area contributed by atoms with Crippen LogP contribution < -0.4 is 0 Å². The van der Waals surface area contributed by atoms with Gasteiger partial charge in [0.05, 0.1) is 6.42 Å². The number of carboxylic acid groups (broad SMARTS) is 1. The van der Waals surface area contributed by atoms with Crippen LogP contribution in [-0.2, 0) is 11.3 Å². The minimum Gasteiger partial charge on any atom is -0.481 e. The van der Waals surface area contributed by atoms with E-state index in [9.17, 15) is 13.6 Å². The number of halogens is 2. The third kappa shape index (κ3) is 3.02. The van der Waals surface area contributed by atoms with Gasteiger partial charge < -0.3 is 9.67 Å². The molecule has 7 heteroatoms. The highest BCUT2D eigenvalue weighted by Crippen LogP contribution is 2.40. The molecule has 1 aromatic heterocycles. The van der Waals surface area contributed by atoms with Gasteiger partial charge >= 0.3 is 5.97 Å². The molecule has 0 atom stereocenters. The summed E-state index contributed by atoms with van der Waals surface area (Å²) in [7, 11) is 0. The van der Waals surface area contributed by atoms with E-state index in [1.807, 2.05) is 0 Å². The first-order valence-electron chi connectivity index (χ1n) is 5.95. The van der Waals surface area contributed by atoms with Crippen molar-refractivity contribution in [1.82, 2.24) is 14.8 Å². The highest BCUT2D eigenvalue weighted by atomic mass is 19.3. The number of carboxylic acids is 1. The van der Waals surface area contributed by atoms with Crippen molar-refractivity contribution >= 4 is 5.97 Å². The number of carbonyl (C=O) groups is 1. The fraction of sp³-hybridized carbons (Fsp3) is 0.727. The molecular weight excluding hydrogens is 244 g/mol. The summed E-state index contributed by atoms with van der Waals surface area (Å²) in [6.07, 6.45) is 1.92. The molecule has 0 aromatic carbocycles. The second-order valence-electron chi connectivity index (χ2n) is 4.66. The van der Waals surface area contributed by atoms with E-state index in [2.05, 4.69) is 10.2 Å². The first-order chi connectivity index (χ1) is 8.48. The summed E-state index contributed by atoms with van der Waals surface area (Å²) >= 11 is 0. The van der Waals surface area contributed by atoms with Crippen molar-refractivity contribution in [2.24, 2.45) is 0 Å². The summed E-state index contributed by atoms with van der Waals surface area (Å²) in [4.78, 5) is 10.5. The summed E-state index contributed by atoms with van der Waals surface area (Å²) in [6.45, 7) is 0.282. The normalized spacial score (nSPS) is 19.9. The van der Waals surface area contributed by atoms with Crippen LogP contribution in [-0.4, -0.2) is 31.8 Å². The smallest absolute Gasteiger partial charge is 0.305 e. The third-order valence-corrected chi connectivity index (χ3v) is 3.29. The zero-order chi connectivity index (χ0) is 13.2. The largest absolute Gasteiger partial charge is 0.481 e. The Kier molecular flexibility index (Phi) is 3.58. The van der Waals surface area contributed by atoms with E-state index in [1.165, 1.54) is 6.33 Å². The van der Waals surface area contributed by atoms with Gasteiger partial charge in [-0.1, -0.05) is 0 Å². The molecule has 18 heavy (non-hydrogen) atoms. The zero-order valence-corrected chi connectivity index (χ0v) is 9.85. The Morgan fingerprint density at radius 2 is 2.17 bits per heavy atom. The Balaban J connectivity index is 2.01. The van der Waals surface area contributed by atoms with Crippen LogP contribution >= 0.6 is 0 Å². The maximum Gasteiger partial charge on any atom is 0.305 e. The molecule has 5 nitrogen and oxygen atoms in total. The van der Waals surface area contributed by atoms with Gasteiger partial charge in [-0.05, 0) is 12.8 Å². The predicted octanol–water partition coefficient (Wildman–Crippen LogP) is 2.05. The van der Waals surface area contributed by atoms with Gasteiger partial charge in [0.25, 0.3) is 0 Å². The molecule has 2 rings (SSSR count). The van der Waals surface area contributed by atoms with Gasteiger partial charge in [-0.2, -0.15) is 0 Å². The number of alkyl halides is 2. The van der Waals surface area contributed by atoms with Crippen LogP contribution in [0.5, 0.6) is 0 Å². The summed E-state index contributed by atoms with van der Waals surface area (Å²) < 4.78 is 27.8. The van der Waals surface area contributed by atoms with Crippen LogP contribution in [0.1, 0.15) is 43.8 Å². The van der Waals surface area contributed by atoms with E-state index >= 15 is 0 Å². The lowest BCUT2D eigenvalue weighted by molar-refractivity contribution is -0.137. The lowest BCUT2D eigenvalue weighted by Crippen LogP contribution is -2.25. The maximum atomic E-state index is 13.1. The minimum absolute atomic E-state index is 0.0199. The molecule has 0 saturated heterocycles. The molecule has 1 N–H and O–H groups in total. The Morgan fingerprint density at radius 3 is 2.78 bits per heavy atom. The number of aromatic nitrogens is 3. The van der Waals surface area contributed by atoms with Crippen molar-refractivity contribution in [3.63, 3.8) is 0 Å². The standard InChI is InChI=1S/C11H15F2N3O2/c12-11(13)4-1-8(2-5-11)10-15-14-7-16(10)6-3-9(17)18/h7-8H,1-6H2,(H,17,18). The molecule has 0 spiro atoms. The lowest BCUT2D eigenvalue weighted by Gasteiger charge is -2.27. The number of nitrogens with zero attached hydrogens (tertiary/aromatic N) is 3. The van der Waals surface area contributed by atoms with Crippen molar-refractivity contribution in [3.8, 4) is 0 Å². The molecule has 1 aromatic rings. The summed E-state index contributed by atoms with van der Waals surface area (Å²) in [5, 5.41) is 16.3. The van der Waals surface area contributed by atoms with E-state index in [4.69, 9.17) is 5.11 Å². The molecule has 1 saturated carbocycles. The van der Waals surface area contributed by atoms with Gasteiger partial charge in [-0.15, -0.1) is 10.2 Å². The SMILES string of the molecule is O=C(O)CCn1cnnc1C1CCC(F)(F)CC1. The van der Waals surface area contributed by atoms with Gasteiger partial charge in [0.15, 0.2) is 0 Å². The lowest BCUT2D eigenvalue weighted by atomic mass is 9.86. The van der Waals surface area contributed by atoms with Gasteiger partial charge in [0.1, 0.15) is 12.2 Å². The van der Waals surface area contributed by atoms with E-state index in [-0.39, 0.29) is 31.7 Å². The van der Waals surface area contributed by atoms with Crippen LogP contribution in [0, 0.1) is 0 Å². The number of hydrogen-bond donors (Lipinski definition) is 1. The second-order valence-corrected chi connectivity index (χ2v) is 4.66. The summed E-state index contributed by atoms with van der Waals surface area (Å²) in [6, 6.07) is 0. The summed E-state index contributed by atoms with van der Waals surface area (Å²) in [5.74, 6) is -2.87. The molecule has 0 radical (unpaired) electrons. The summed E-state index contributed by atoms with van der Waals surface area (Å²) in [5.41, 5.74) is 0. The number of aryl methyl sites for hydroxylation is 1. The predicted molar refractivity (Wildman–Crippen MR) is 58.4 cm³/mol. The molecule has 1 aliphatic carbocycles. The van der Waals surface area contributed by atoms with Gasteiger partial charge in [-0.25, -0.2) is 8.78 Å². The van der Waals surface area contributed by atoms with Gasteiger partial charge in [0.2, 0.25) is 5.92 Å². The third-order valence-electron chi connectivity index (χ3n) is 3.29. The van der Waals surface area contributed by atoms with Crippen molar-refractivity contribution in [2.75, 3.05) is 0 Å². The Morgan fingerprint density at radius 1 is 1.50 bits per heavy atom. The Labute approximate surface area is 103 Å². The van der Waals surface area contributed by atoms with Crippen LogP contribution in [0.2, 0.25) is 0 Å². The highest BCUT2D eigenvalue weighted by molar-refractivity contribution is 5.66. The first kappa shape index (κ1) is 12.9. The van der Waals surface area contributed by atoms with Crippen LogP contribution in [0.15, 0.2) is 6.33 Å². The Bertz CT molecular complexity index is 424. The van der Waals surface area contributed by atoms with Gasteiger partial charge in [0, 0.05) is 25.3 Å². The highest BCUT2D eigenvalue weighted by Gasteiger charge is 2.36. The van der Waals surface area contributed by atoms with E-state index in [0.717, 1.165) is 0 Å². The topological polar surface area (TPSA) is 68.0 Å². The zero-order valence-electron chi connectivity index (χ0n) is 9.85. The molecule has 0 bridgehead atoms. The van der Waals surface area contributed by atoms with Crippen molar-refractivity contribution < 1.29 is 18.7 Å². The van der Waals surface area contributed by atoms with Crippen molar-refractivity contribution in [2.45, 2.75) is 50.5 Å². The molecule has 0 amide bonds. The molecular formula is C11H15F2N3O2. The average Bonchev–Trinajstić information content (AvgIpc) is 2.74. The van der Waals surface area contributed by atoms with Crippen LogP contribution in [0.25, 0.3) is 0 Å². The van der Waals surface area contributed by atoms with E-state index in [0.29, 0.717) is 18.7 Å². The molecule has 1 heterocycles. The van der Waals surface area contributed by atoms with E-state index < -0.39 is 11.9 Å². The Hall–Kier alpha value is -1.53. The second kappa shape index (κ2) is 4.99. The molecule has 0 aliphatic heterocycles. The monoisotopic (exact) mass is 259 g/mol. The van der Waals surface area contributed by atoms with Crippen molar-refractivity contribution in [3.05, 3.63) is 12.2 Å². The minimum atomic E-state index is -2.57. The van der Waals surface area contributed by atoms with Crippen LogP contribution in [0.3, 0.4) is 0 Å². The first-order valence-corrected chi connectivity index (χ1v) is 5.95. The number of hydrogen-bond acceptors (Lipinski definition) is 3. The van der Waals surface area contributed by atoms with Crippen LogP contribution in [0.4, 0.5) is 8.78 Å². The fourth-order valence-corrected chi connectivity index (χ4v) is 2.27. The maximum absolute atomic E-state index is 13.1.